The molecule has 1 saturated heterocycles. The summed E-state index contributed by atoms with van der Waals surface area (Å²) in [6, 6.07) is 8.17. The molecule has 1 N–H and O–H groups in total. The molecule has 1 fully saturated rings. The van der Waals surface area contributed by atoms with Gasteiger partial charge in [-0.2, -0.15) is 4.52 Å². The largest absolute Gasteiger partial charge is 0.492 e. The summed E-state index contributed by atoms with van der Waals surface area (Å²) in [7, 11) is 0. The van der Waals surface area contributed by atoms with Gasteiger partial charge in [0.1, 0.15) is 5.82 Å². The summed E-state index contributed by atoms with van der Waals surface area (Å²) in [5.74, 6) is 0.834. The number of thiazole rings is 1. The number of aryl methyl sites for hydroxylation is 1. The molecule has 24 heavy (non-hydrogen) atoms. The number of rotatable bonds is 3. The molecule has 0 radical (unpaired) electrons. The van der Waals surface area contributed by atoms with Crippen LogP contribution >= 0.6 is 27.3 Å². The van der Waals surface area contributed by atoms with E-state index in [1.165, 1.54) is 15.9 Å². The van der Waals surface area contributed by atoms with E-state index in [4.69, 9.17) is 4.74 Å². The highest BCUT2D eigenvalue weighted by Crippen LogP contribution is 2.40. The zero-order valence-electron chi connectivity index (χ0n) is 13.1. The highest BCUT2D eigenvalue weighted by Gasteiger charge is 2.30. The highest BCUT2D eigenvalue weighted by atomic mass is 79.9. The van der Waals surface area contributed by atoms with Gasteiger partial charge in [-0.15, -0.1) is 5.10 Å². The topological polar surface area (TPSA) is 62.9 Å². The van der Waals surface area contributed by atoms with Crippen LogP contribution in [0.4, 0.5) is 0 Å². The Labute approximate surface area is 151 Å². The first-order valence-corrected chi connectivity index (χ1v) is 9.37. The number of hydrogen-bond acceptors (Lipinski definition) is 6. The normalized spacial score (nSPS) is 17.4. The number of aromatic nitrogens is 3. The third-order valence-corrected chi connectivity index (χ3v) is 5.69. The molecule has 0 bridgehead atoms. The Bertz CT molecular complexity index is 872. The predicted octanol–water partition coefficient (Wildman–Crippen LogP) is 2.99. The standard InChI is InChI=1S/C16H17BrN4O2S/c1-10-18-16-21(19-10)15(22)14(24-16)13(20-5-7-23-8-6-20)11-3-2-4-12(17)9-11/h2-4,9,13,22H,5-8H2,1H3/t13-/m1/s1. The second-order valence-corrected chi connectivity index (χ2v) is 7.67. The predicted molar refractivity (Wildman–Crippen MR) is 95.6 cm³/mol. The van der Waals surface area contributed by atoms with E-state index in [0.717, 1.165) is 28.0 Å². The fraction of sp³-hybridized carbons (Fsp3) is 0.375. The van der Waals surface area contributed by atoms with Gasteiger partial charge in [-0.05, 0) is 24.6 Å². The highest BCUT2D eigenvalue weighted by molar-refractivity contribution is 9.10. The zero-order valence-corrected chi connectivity index (χ0v) is 15.5. The van der Waals surface area contributed by atoms with Gasteiger partial charge in [0.05, 0.1) is 24.1 Å². The molecule has 4 rings (SSSR count). The fourth-order valence-electron chi connectivity index (χ4n) is 3.07. The van der Waals surface area contributed by atoms with Gasteiger partial charge in [0.15, 0.2) is 0 Å². The maximum absolute atomic E-state index is 10.7. The number of ether oxygens (including phenoxy) is 1. The van der Waals surface area contributed by atoms with Gasteiger partial charge in [0, 0.05) is 17.6 Å². The second kappa shape index (κ2) is 6.44. The molecule has 6 nitrogen and oxygen atoms in total. The number of nitrogens with zero attached hydrogens (tertiary/aromatic N) is 4. The number of morpholine rings is 1. The Morgan fingerprint density at radius 2 is 2.12 bits per heavy atom. The smallest absolute Gasteiger partial charge is 0.230 e. The maximum Gasteiger partial charge on any atom is 0.230 e. The lowest BCUT2D eigenvalue weighted by Crippen LogP contribution is -2.39. The van der Waals surface area contributed by atoms with Crippen molar-refractivity contribution in [3.8, 4) is 5.88 Å². The van der Waals surface area contributed by atoms with E-state index in [0.29, 0.717) is 24.0 Å². The van der Waals surface area contributed by atoms with Crippen molar-refractivity contribution in [2.45, 2.75) is 13.0 Å². The molecule has 0 aliphatic carbocycles. The van der Waals surface area contributed by atoms with Crippen molar-refractivity contribution in [3.63, 3.8) is 0 Å². The first kappa shape index (κ1) is 16.0. The summed E-state index contributed by atoms with van der Waals surface area (Å²) in [5.41, 5.74) is 1.13. The molecular formula is C16H17BrN4O2S. The minimum absolute atomic E-state index is 0.0415. The minimum atomic E-state index is -0.0415. The van der Waals surface area contributed by atoms with E-state index >= 15 is 0 Å². The molecule has 1 atom stereocenters. The number of fused-ring (bicyclic) bond motifs is 1. The Morgan fingerprint density at radius 3 is 2.83 bits per heavy atom. The van der Waals surface area contributed by atoms with Crippen molar-refractivity contribution in [3.05, 3.63) is 45.0 Å². The van der Waals surface area contributed by atoms with Gasteiger partial charge in [0.25, 0.3) is 0 Å². The molecule has 126 valence electrons. The van der Waals surface area contributed by atoms with Gasteiger partial charge >= 0.3 is 0 Å². The molecule has 1 aromatic carbocycles. The quantitative estimate of drug-likeness (QED) is 0.721. The first-order chi connectivity index (χ1) is 11.6. The van der Waals surface area contributed by atoms with Crippen LogP contribution in [-0.2, 0) is 4.74 Å². The van der Waals surface area contributed by atoms with Crippen LogP contribution in [0.3, 0.4) is 0 Å². The summed E-state index contributed by atoms with van der Waals surface area (Å²) < 4.78 is 8.05. The van der Waals surface area contributed by atoms with Crippen LogP contribution in [0.15, 0.2) is 28.7 Å². The molecule has 1 aliphatic rings. The monoisotopic (exact) mass is 408 g/mol. The van der Waals surface area contributed by atoms with Crippen LogP contribution in [0.2, 0.25) is 0 Å². The molecular weight excluding hydrogens is 392 g/mol. The van der Waals surface area contributed by atoms with Crippen LogP contribution in [0, 0.1) is 6.92 Å². The molecule has 0 unspecified atom stereocenters. The molecule has 2 aromatic heterocycles. The van der Waals surface area contributed by atoms with Crippen molar-refractivity contribution in [2.75, 3.05) is 26.3 Å². The van der Waals surface area contributed by atoms with Crippen molar-refractivity contribution < 1.29 is 9.84 Å². The van der Waals surface area contributed by atoms with Gasteiger partial charge in [-0.1, -0.05) is 39.4 Å². The van der Waals surface area contributed by atoms with E-state index in [-0.39, 0.29) is 11.9 Å². The molecule has 3 heterocycles. The average molecular weight is 409 g/mol. The number of hydrogen-bond donors (Lipinski definition) is 1. The zero-order chi connectivity index (χ0) is 16.7. The maximum atomic E-state index is 10.7. The second-order valence-electron chi connectivity index (χ2n) is 5.75. The summed E-state index contributed by atoms with van der Waals surface area (Å²) in [6.45, 7) is 4.87. The van der Waals surface area contributed by atoms with Gasteiger partial charge < -0.3 is 9.84 Å². The molecule has 0 amide bonds. The molecule has 3 aromatic rings. The third-order valence-electron chi connectivity index (χ3n) is 4.13. The lowest BCUT2D eigenvalue weighted by molar-refractivity contribution is 0.0241. The Hall–Kier alpha value is -1.48. The number of halogens is 1. The molecule has 0 saturated carbocycles. The van der Waals surface area contributed by atoms with E-state index in [1.54, 1.807) is 0 Å². The SMILES string of the molecule is Cc1nc2sc([C@@H](c3cccc(Br)c3)N3CCOCC3)c(O)n2n1. The van der Waals surface area contributed by atoms with E-state index in [1.807, 2.05) is 19.1 Å². The van der Waals surface area contributed by atoms with Crippen molar-refractivity contribution >= 4 is 32.2 Å². The lowest BCUT2D eigenvalue weighted by Gasteiger charge is -2.34. The summed E-state index contributed by atoms with van der Waals surface area (Å²) in [6.07, 6.45) is 0. The average Bonchev–Trinajstić information content (AvgIpc) is 3.07. The van der Waals surface area contributed by atoms with Gasteiger partial charge in [-0.25, -0.2) is 4.98 Å². The Balaban J connectivity index is 1.84. The number of aromatic hydroxyl groups is 1. The summed E-state index contributed by atoms with van der Waals surface area (Å²) in [5, 5.41) is 15.0. The Morgan fingerprint density at radius 1 is 1.33 bits per heavy atom. The summed E-state index contributed by atoms with van der Waals surface area (Å²) >= 11 is 5.04. The van der Waals surface area contributed by atoms with E-state index in [9.17, 15) is 5.11 Å². The van der Waals surface area contributed by atoms with E-state index in [2.05, 4.69) is 43.0 Å². The lowest BCUT2D eigenvalue weighted by atomic mass is 10.0. The van der Waals surface area contributed by atoms with Crippen LogP contribution in [0.5, 0.6) is 5.88 Å². The summed E-state index contributed by atoms with van der Waals surface area (Å²) in [4.78, 5) is 8.31. The first-order valence-electron chi connectivity index (χ1n) is 7.76. The minimum Gasteiger partial charge on any atom is -0.492 e. The van der Waals surface area contributed by atoms with Crippen molar-refractivity contribution in [1.29, 1.82) is 0 Å². The van der Waals surface area contributed by atoms with Gasteiger partial charge in [0.2, 0.25) is 10.8 Å². The fourth-order valence-corrected chi connectivity index (χ4v) is 4.65. The van der Waals surface area contributed by atoms with Crippen LogP contribution < -0.4 is 0 Å². The van der Waals surface area contributed by atoms with Crippen LogP contribution in [0.1, 0.15) is 22.3 Å². The Kier molecular flexibility index (Phi) is 4.29. The third kappa shape index (κ3) is 2.83. The van der Waals surface area contributed by atoms with Crippen LogP contribution in [-0.4, -0.2) is 50.9 Å². The van der Waals surface area contributed by atoms with Gasteiger partial charge in [-0.3, -0.25) is 4.90 Å². The van der Waals surface area contributed by atoms with Crippen molar-refractivity contribution in [1.82, 2.24) is 19.5 Å². The van der Waals surface area contributed by atoms with Crippen LogP contribution in [0.25, 0.3) is 4.96 Å². The molecule has 8 heteroatoms. The number of benzene rings is 1. The molecule has 1 aliphatic heterocycles. The molecule has 0 spiro atoms. The van der Waals surface area contributed by atoms with Crippen molar-refractivity contribution in [2.24, 2.45) is 0 Å². The van der Waals surface area contributed by atoms with E-state index < -0.39 is 0 Å².